The van der Waals surface area contributed by atoms with Gasteiger partial charge in [-0.3, -0.25) is 9.11 Å². The molecule has 0 atom stereocenters. The van der Waals surface area contributed by atoms with Crippen LogP contribution in [0.3, 0.4) is 0 Å². The summed E-state index contributed by atoms with van der Waals surface area (Å²) in [6.45, 7) is 0. The Bertz CT molecular complexity index is 99.2. The van der Waals surface area contributed by atoms with Crippen LogP contribution in [0.1, 0.15) is 1.43 Å². The van der Waals surface area contributed by atoms with Crippen LogP contribution in [0.5, 0.6) is 0 Å². The van der Waals surface area contributed by atoms with Crippen LogP contribution >= 0.6 is 0 Å². The van der Waals surface area contributed by atoms with Gasteiger partial charge in [0.15, 0.2) is 0 Å². The molecule has 0 rings (SSSR count). The zero-order valence-electron chi connectivity index (χ0n) is 4.62. The molecule has 2 N–H and O–H groups in total. The van der Waals surface area contributed by atoms with Gasteiger partial charge < -0.3 is 1.43 Å². The quantitative estimate of drug-likeness (QED) is 0.307. The molecule has 7 heavy (non-hydrogen) atoms. The second-order valence-corrected chi connectivity index (χ2v) is 1.34. The van der Waals surface area contributed by atoms with Crippen LogP contribution in [0, 0.1) is 0 Å². The van der Waals surface area contributed by atoms with E-state index in [0.717, 1.165) is 0 Å². The van der Waals surface area contributed by atoms with Crippen LogP contribution in [0.4, 0.5) is 0 Å². The van der Waals surface area contributed by atoms with Crippen molar-refractivity contribution in [3.63, 3.8) is 0 Å². The molecule has 0 saturated carbocycles. The van der Waals surface area contributed by atoms with Gasteiger partial charge in [-0.15, -0.1) is 0 Å². The van der Waals surface area contributed by atoms with E-state index < -0.39 is 10.4 Å². The summed E-state index contributed by atoms with van der Waals surface area (Å²) in [6.07, 6.45) is 0. The Morgan fingerprint density at radius 1 is 1.29 bits per heavy atom. The van der Waals surface area contributed by atoms with Gasteiger partial charge in [-0.1, -0.05) is 0 Å². The average Bonchev–Trinajstić information content (AvgIpc) is 0.722. The third-order valence-electron chi connectivity index (χ3n) is 0. The van der Waals surface area contributed by atoms with Crippen LogP contribution in [0.2, 0.25) is 0 Å². The van der Waals surface area contributed by atoms with Crippen molar-refractivity contribution in [2.24, 2.45) is 0 Å². The number of rotatable bonds is 0. The van der Waals surface area contributed by atoms with Gasteiger partial charge in [0.2, 0.25) is 0 Å². The van der Waals surface area contributed by atoms with Gasteiger partial charge in [-0.25, -0.2) is 0 Å². The van der Waals surface area contributed by atoms with Crippen molar-refractivity contribution in [2.45, 2.75) is 0 Å². The normalized spacial score (nSPS) is 8.29. The molecule has 0 unspecified atom stereocenters. The van der Waals surface area contributed by atoms with Crippen molar-refractivity contribution in [2.75, 3.05) is 0 Å². The van der Waals surface area contributed by atoms with E-state index in [1.165, 1.54) is 0 Å². The maximum atomic E-state index is 8.74. The Labute approximate surface area is 75.5 Å². The number of hydrogen-bond donors (Lipinski definition) is 2. The molecule has 0 radical (unpaired) electrons. The molecule has 0 spiro atoms. The molecule has 7 heteroatoms. The Balaban J connectivity index is -0.0000000267. The molecular formula is H5NaO4SSe. The third kappa shape index (κ3) is 111. The zero-order chi connectivity index (χ0) is 4.50. The Hall–Kier alpha value is 1.39. The van der Waals surface area contributed by atoms with Crippen LogP contribution in [0.15, 0.2) is 0 Å². The average molecular weight is 203 g/mol. The van der Waals surface area contributed by atoms with Gasteiger partial charge in [-0.2, -0.15) is 8.42 Å². The van der Waals surface area contributed by atoms with Crippen molar-refractivity contribution < 1.29 is 48.5 Å². The summed E-state index contributed by atoms with van der Waals surface area (Å²) in [5.74, 6) is 0. The fraction of sp³-hybridized carbons (Fsp3) is 0. The summed E-state index contributed by atoms with van der Waals surface area (Å²) in [5.41, 5.74) is 0. The topological polar surface area (TPSA) is 74.6 Å². The summed E-state index contributed by atoms with van der Waals surface area (Å²) >= 11 is 0. The van der Waals surface area contributed by atoms with Crippen molar-refractivity contribution in [1.82, 2.24) is 0 Å². The first kappa shape index (κ1) is 15.8. The summed E-state index contributed by atoms with van der Waals surface area (Å²) < 4.78 is 31.6. The monoisotopic (exact) mass is 204 g/mol. The summed E-state index contributed by atoms with van der Waals surface area (Å²) in [7, 11) is -4.67. The molecule has 0 aromatic carbocycles. The van der Waals surface area contributed by atoms with Gasteiger partial charge in [0.1, 0.15) is 0 Å². The third-order valence-corrected chi connectivity index (χ3v) is 0. The number of hydrogen-bond acceptors (Lipinski definition) is 2. The van der Waals surface area contributed by atoms with Crippen molar-refractivity contribution in [3.05, 3.63) is 0 Å². The van der Waals surface area contributed by atoms with Crippen LogP contribution in [-0.4, -0.2) is 34.6 Å². The zero-order valence-corrected chi connectivity index (χ0v) is 8.53. The fourth-order valence-corrected chi connectivity index (χ4v) is 0. The van der Waals surface area contributed by atoms with E-state index in [2.05, 4.69) is 0 Å². The minimum atomic E-state index is -4.67. The molecule has 0 heterocycles. The second kappa shape index (κ2) is 5.52. The molecule has 0 aromatic heterocycles. The van der Waals surface area contributed by atoms with E-state index >= 15 is 0 Å². The van der Waals surface area contributed by atoms with Gasteiger partial charge in [0.25, 0.3) is 0 Å². The minimum absolute atomic E-state index is 0. The molecule has 4 nitrogen and oxygen atoms in total. The molecule has 0 fully saturated rings. The van der Waals surface area contributed by atoms with Gasteiger partial charge in [0.05, 0.1) is 0 Å². The predicted molar refractivity (Wildman–Crippen MR) is 23.8 cm³/mol. The molecule has 0 aliphatic carbocycles. The van der Waals surface area contributed by atoms with E-state index in [0.29, 0.717) is 0 Å². The molecular weight excluding hydrogens is 198 g/mol. The Morgan fingerprint density at radius 3 is 1.29 bits per heavy atom. The van der Waals surface area contributed by atoms with Crippen molar-refractivity contribution in [3.8, 4) is 0 Å². The standard InChI is InChI=1S/Na.H2O4S.H2Se.H/c;1-5(2,3)4;;/h;(H2,1,2,3,4);1H2;/q+1;;;-1. The first-order chi connectivity index (χ1) is 2.00. The van der Waals surface area contributed by atoms with E-state index in [-0.39, 0.29) is 48.1 Å². The SMILES string of the molecule is O=S(=O)(O)O.[H-].[Na+].[SeH2]. The fourth-order valence-electron chi connectivity index (χ4n) is 0. The van der Waals surface area contributed by atoms with E-state index in [4.69, 9.17) is 17.5 Å². The predicted octanol–water partition coefficient (Wildman–Crippen LogP) is -4.45. The van der Waals surface area contributed by atoms with Crippen LogP contribution in [-0.2, 0) is 10.4 Å². The van der Waals surface area contributed by atoms with Crippen LogP contribution in [0.25, 0.3) is 0 Å². The van der Waals surface area contributed by atoms with E-state index in [1.54, 1.807) is 0 Å². The first-order valence-corrected chi connectivity index (χ1v) is 2.10. The van der Waals surface area contributed by atoms with Crippen molar-refractivity contribution >= 4 is 27.5 Å². The van der Waals surface area contributed by atoms with E-state index in [9.17, 15) is 0 Å². The summed E-state index contributed by atoms with van der Waals surface area (Å²) in [5, 5.41) is 0. The molecule has 0 saturated heterocycles. The summed E-state index contributed by atoms with van der Waals surface area (Å²) in [6, 6.07) is 0. The van der Waals surface area contributed by atoms with Crippen LogP contribution < -0.4 is 29.6 Å². The van der Waals surface area contributed by atoms with Gasteiger partial charge in [-0.05, 0) is 0 Å². The molecule has 42 valence electrons. The second-order valence-electron chi connectivity index (χ2n) is 0.448. The Kier molecular flexibility index (Phi) is 12.4. The Morgan fingerprint density at radius 2 is 1.29 bits per heavy atom. The maximum absolute atomic E-state index is 8.74. The molecule has 0 aromatic rings. The van der Waals surface area contributed by atoms with Gasteiger partial charge >= 0.3 is 57.0 Å². The van der Waals surface area contributed by atoms with E-state index in [1.807, 2.05) is 0 Å². The molecule has 0 aliphatic rings. The molecule has 0 amide bonds. The van der Waals surface area contributed by atoms with Crippen molar-refractivity contribution in [1.29, 1.82) is 0 Å². The molecule has 0 aliphatic heterocycles. The van der Waals surface area contributed by atoms with Gasteiger partial charge in [0, 0.05) is 0 Å². The summed E-state index contributed by atoms with van der Waals surface area (Å²) in [4.78, 5) is 0. The molecule has 0 bridgehead atoms. The first-order valence-electron chi connectivity index (χ1n) is 0.698.